The third-order valence-corrected chi connectivity index (χ3v) is 6.75. The average molecular weight is 556 g/mol. The molecular formula is C26H26BrN3O4S. The van der Waals surface area contributed by atoms with Gasteiger partial charge in [-0.15, -0.1) is 0 Å². The monoisotopic (exact) mass is 555 g/mol. The molecule has 3 aromatic carbocycles. The Morgan fingerprint density at radius 1 is 1.03 bits per heavy atom. The molecule has 0 aromatic heterocycles. The molecular weight excluding hydrogens is 530 g/mol. The molecule has 0 spiro atoms. The van der Waals surface area contributed by atoms with Gasteiger partial charge < -0.3 is 14.8 Å². The van der Waals surface area contributed by atoms with E-state index < -0.39 is 11.9 Å². The molecule has 0 aliphatic heterocycles. The lowest BCUT2D eigenvalue weighted by atomic mass is 10.2. The van der Waals surface area contributed by atoms with E-state index >= 15 is 0 Å². The Balaban J connectivity index is 1.69. The van der Waals surface area contributed by atoms with Crippen molar-refractivity contribution in [3.05, 3.63) is 94.0 Å². The highest BCUT2D eigenvalue weighted by Gasteiger charge is 2.22. The van der Waals surface area contributed by atoms with Crippen molar-refractivity contribution in [3.8, 4) is 11.5 Å². The summed E-state index contributed by atoms with van der Waals surface area (Å²) in [6.45, 7) is 0. The molecule has 0 fully saturated rings. The Bertz CT molecular complexity index is 1170. The van der Waals surface area contributed by atoms with Crippen LogP contribution in [0.3, 0.4) is 0 Å². The number of nitrogens with one attached hydrogen (secondary N) is 2. The highest BCUT2D eigenvalue weighted by Crippen LogP contribution is 2.23. The Morgan fingerprint density at radius 3 is 2.49 bits per heavy atom. The van der Waals surface area contributed by atoms with E-state index in [-0.39, 0.29) is 5.91 Å². The second-order valence-electron chi connectivity index (χ2n) is 7.35. The first-order chi connectivity index (χ1) is 17.0. The number of carbonyl (C=O) groups excluding carboxylic acids is 2. The zero-order valence-corrected chi connectivity index (χ0v) is 21.8. The van der Waals surface area contributed by atoms with Crippen LogP contribution < -0.4 is 20.2 Å². The van der Waals surface area contributed by atoms with Gasteiger partial charge in [0.05, 0.1) is 26.0 Å². The van der Waals surface area contributed by atoms with Crippen molar-refractivity contribution < 1.29 is 19.1 Å². The van der Waals surface area contributed by atoms with Gasteiger partial charge in [-0.2, -0.15) is 16.9 Å². The minimum atomic E-state index is -0.793. The number of amides is 2. The van der Waals surface area contributed by atoms with Gasteiger partial charge in [0.2, 0.25) is 0 Å². The summed E-state index contributed by atoms with van der Waals surface area (Å²) < 4.78 is 11.2. The molecule has 0 radical (unpaired) electrons. The molecule has 9 heteroatoms. The lowest BCUT2D eigenvalue weighted by Gasteiger charge is -2.17. The fourth-order valence-corrected chi connectivity index (χ4v) is 4.58. The second-order valence-corrected chi connectivity index (χ2v) is 9.23. The zero-order chi connectivity index (χ0) is 25.0. The molecule has 0 bridgehead atoms. The van der Waals surface area contributed by atoms with Gasteiger partial charge in [-0.3, -0.25) is 9.59 Å². The van der Waals surface area contributed by atoms with Crippen molar-refractivity contribution in [2.75, 3.05) is 20.0 Å². The van der Waals surface area contributed by atoms with E-state index in [1.165, 1.54) is 6.21 Å². The average Bonchev–Trinajstić information content (AvgIpc) is 2.88. The topological polar surface area (TPSA) is 89.0 Å². The van der Waals surface area contributed by atoms with E-state index in [2.05, 4.69) is 31.8 Å². The number of halogens is 1. The molecule has 3 rings (SSSR count). The van der Waals surface area contributed by atoms with Crippen LogP contribution in [0.25, 0.3) is 0 Å². The van der Waals surface area contributed by atoms with Gasteiger partial charge in [-0.1, -0.05) is 42.5 Å². The summed E-state index contributed by atoms with van der Waals surface area (Å²) in [5.41, 5.74) is 4.79. The van der Waals surface area contributed by atoms with Crippen molar-refractivity contribution in [3.63, 3.8) is 0 Å². The van der Waals surface area contributed by atoms with Gasteiger partial charge in [0, 0.05) is 27.6 Å². The SMILES string of the molecule is COc1ccc(/C=N\NC(=O)[C@@H](CSCc2ccccc2)NC(=O)c2ccccc2Br)c(OC)c1. The summed E-state index contributed by atoms with van der Waals surface area (Å²) in [7, 11) is 3.11. The molecule has 2 N–H and O–H groups in total. The number of methoxy groups -OCH3 is 2. The molecule has 0 unspecified atom stereocenters. The molecule has 35 heavy (non-hydrogen) atoms. The van der Waals surface area contributed by atoms with E-state index in [0.29, 0.717) is 38.6 Å². The Hall–Kier alpha value is -3.30. The minimum absolute atomic E-state index is 0.348. The first kappa shape index (κ1) is 26.3. The van der Waals surface area contributed by atoms with E-state index in [9.17, 15) is 9.59 Å². The van der Waals surface area contributed by atoms with E-state index in [4.69, 9.17) is 9.47 Å². The van der Waals surface area contributed by atoms with Crippen molar-refractivity contribution in [1.82, 2.24) is 10.7 Å². The van der Waals surface area contributed by atoms with Gasteiger partial charge in [0.25, 0.3) is 11.8 Å². The van der Waals surface area contributed by atoms with Gasteiger partial charge >= 0.3 is 0 Å². The van der Waals surface area contributed by atoms with Crippen LogP contribution in [0, 0.1) is 0 Å². The van der Waals surface area contributed by atoms with E-state index in [1.807, 2.05) is 36.4 Å². The maximum absolute atomic E-state index is 13.0. The molecule has 182 valence electrons. The number of ether oxygens (including phenoxy) is 2. The van der Waals surface area contributed by atoms with Crippen molar-refractivity contribution in [1.29, 1.82) is 0 Å². The van der Waals surface area contributed by atoms with Gasteiger partial charge in [0.1, 0.15) is 17.5 Å². The first-order valence-electron chi connectivity index (χ1n) is 10.7. The van der Waals surface area contributed by atoms with Crippen LogP contribution in [-0.2, 0) is 10.5 Å². The molecule has 0 saturated heterocycles. The van der Waals surface area contributed by atoms with Crippen molar-refractivity contribution >= 4 is 45.7 Å². The molecule has 7 nitrogen and oxygen atoms in total. The van der Waals surface area contributed by atoms with Gasteiger partial charge in [-0.05, 0) is 45.8 Å². The third-order valence-electron chi connectivity index (χ3n) is 4.96. The number of hydrogen-bond acceptors (Lipinski definition) is 6. The summed E-state index contributed by atoms with van der Waals surface area (Å²) in [6, 6.07) is 21.5. The highest BCUT2D eigenvalue weighted by molar-refractivity contribution is 9.10. The molecule has 0 heterocycles. The minimum Gasteiger partial charge on any atom is -0.497 e. The largest absolute Gasteiger partial charge is 0.497 e. The van der Waals surface area contributed by atoms with Crippen LogP contribution in [0.2, 0.25) is 0 Å². The molecule has 0 aliphatic carbocycles. The number of benzene rings is 3. The lowest BCUT2D eigenvalue weighted by Crippen LogP contribution is -2.47. The van der Waals surface area contributed by atoms with Crippen LogP contribution in [0.4, 0.5) is 0 Å². The standard InChI is InChI=1S/C26H26BrN3O4S/c1-33-20-13-12-19(24(14-20)34-2)15-28-30-26(32)23(17-35-16-18-8-4-3-5-9-18)29-25(31)21-10-6-7-11-22(21)27/h3-15,23H,16-17H2,1-2H3,(H,29,31)(H,30,32)/b28-15-/t23-/m1/s1. The van der Waals surface area contributed by atoms with Gasteiger partial charge in [-0.25, -0.2) is 5.43 Å². The first-order valence-corrected chi connectivity index (χ1v) is 12.7. The maximum atomic E-state index is 13.0. The Kier molecular flexibility index (Phi) is 10.2. The molecule has 1 atom stereocenters. The number of carbonyl (C=O) groups is 2. The van der Waals surface area contributed by atoms with E-state index in [1.54, 1.807) is 62.4 Å². The molecule has 2 amide bonds. The van der Waals surface area contributed by atoms with Crippen LogP contribution in [-0.4, -0.2) is 44.0 Å². The van der Waals surface area contributed by atoms with Crippen molar-refractivity contribution in [2.45, 2.75) is 11.8 Å². The van der Waals surface area contributed by atoms with Crippen LogP contribution >= 0.6 is 27.7 Å². The second kappa shape index (κ2) is 13.6. The van der Waals surface area contributed by atoms with Crippen molar-refractivity contribution in [2.24, 2.45) is 5.10 Å². The third kappa shape index (κ3) is 7.87. The number of thioether (sulfide) groups is 1. The van der Waals surface area contributed by atoms with E-state index in [0.717, 1.165) is 5.56 Å². The number of nitrogens with zero attached hydrogens (tertiary/aromatic N) is 1. The summed E-state index contributed by atoms with van der Waals surface area (Å²) >= 11 is 4.94. The fourth-order valence-electron chi connectivity index (χ4n) is 3.10. The molecule has 0 aliphatic rings. The summed E-state index contributed by atoms with van der Waals surface area (Å²) in [6.07, 6.45) is 1.49. The highest BCUT2D eigenvalue weighted by atomic mass is 79.9. The fraction of sp³-hybridized carbons (Fsp3) is 0.192. The smallest absolute Gasteiger partial charge is 0.263 e. The molecule has 0 saturated carbocycles. The number of hydrogen-bond donors (Lipinski definition) is 2. The van der Waals surface area contributed by atoms with Crippen LogP contribution in [0.1, 0.15) is 21.5 Å². The lowest BCUT2D eigenvalue weighted by molar-refractivity contribution is -0.122. The normalized spacial score (nSPS) is 11.6. The summed E-state index contributed by atoms with van der Waals surface area (Å²) in [5, 5.41) is 6.90. The Morgan fingerprint density at radius 2 is 1.77 bits per heavy atom. The quantitative estimate of drug-likeness (QED) is 0.265. The summed E-state index contributed by atoms with van der Waals surface area (Å²) in [4.78, 5) is 25.8. The van der Waals surface area contributed by atoms with Gasteiger partial charge in [0.15, 0.2) is 0 Å². The van der Waals surface area contributed by atoms with Crippen LogP contribution in [0.5, 0.6) is 11.5 Å². The summed E-state index contributed by atoms with van der Waals surface area (Å²) in [5.74, 6) is 1.52. The predicted octanol–water partition coefficient (Wildman–Crippen LogP) is 4.65. The molecule has 3 aromatic rings. The van der Waals surface area contributed by atoms with Crippen LogP contribution in [0.15, 0.2) is 82.4 Å². The number of hydrazone groups is 1. The number of rotatable bonds is 11. The zero-order valence-electron chi connectivity index (χ0n) is 19.4. The Labute approximate surface area is 217 Å². The predicted molar refractivity (Wildman–Crippen MR) is 143 cm³/mol. The maximum Gasteiger partial charge on any atom is 0.263 e.